The Kier molecular flexibility index (Phi) is 4.57. The second-order valence-electron chi connectivity index (χ2n) is 5.53. The van der Waals surface area contributed by atoms with Crippen LogP contribution in [0.4, 0.5) is 0 Å². The summed E-state index contributed by atoms with van der Waals surface area (Å²) in [6.07, 6.45) is 4.00. The van der Waals surface area contributed by atoms with Crippen LogP contribution >= 0.6 is 0 Å². The van der Waals surface area contributed by atoms with Crippen LogP contribution in [-0.2, 0) is 5.41 Å². The Hall–Kier alpha value is -1.37. The Morgan fingerprint density at radius 2 is 2.05 bits per heavy atom. The highest BCUT2D eigenvalue weighted by molar-refractivity contribution is 5.39. The molecule has 3 N–H and O–H groups in total. The average molecular weight is 257 g/mol. The molecule has 1 fully saturated rings. The number of hydrogen-bond donors (Lipinski definition) is 2. The molecule has 0 heterocycles. The summed E-state index contributed by atoms with van der Waals surface area (Å²) in [4.78, 5) is 0. The third kappa shape index (κ3) is 2.97. The van der Waals surface area contributed by atoms with E-state index < -0.39 is 0 Å². The van der Waals surface area contributed by atoms with E-state index in [1.807, 2.05) is 12.1 Å². The van der Waals surface area contributed by atoms with E-state index in [4.69, 9.17) is 5.73 Å². The lowest BCUT2D eigenvalue weighted by molar-refractivity contribution is 0.297. The molecule has 3 nitrogen and oxygen atoms in total. The van der Waals surface area contributed by atoms with Crippen LogP contribution in [0.25, 0.3) is 0 Å². The lowest BCUT2D eigenvalue weighted by Gasteiger charge is -2.36. The molecule has 0 unspecified atom stereocenters. The van der Waals surface area contributed by atoms with Crippen molar-refractivity contribution in [2.75, 3.05) is 13.1 Å². The highest BCUT2D eigenvalue weighted by Gasteiger charge is 2.37. The Bertz CT molecular complexity index is 453. The first-order valence-corrected chi connectivity index (χ1v) is 7.13. The van der Waals surface area contributed by atoms with Gasteiger partial charge in [-0.3, -0.25) is 0 Å². The van der Waals surface area contributed by atoms with Crippen molar-refractivity contribution in [3.05, 3.63) is 35.4 Å². The van der Waals surface area contributed by atoms with E-state index in [9.17, 15) is 5.26 Å². The highest BCUT2D eigenvalue weighted by atomic mass is 14.9. The lowest BCUT2D eigenvalue weighted by atomic mass is 9.68. The van der Waals surface area contributed by atoms with E-state index in [0.29, 0.717) is 12.6 Å². The third-order valence-electron chi connectivity index (χ3n) is 4.29. The van der Waals surface area contributed by atoms with Crippen LogP contribution in [0.1, 0.15) is 36.8 Å². The predicted molar refractivity (Wildman–Crippen MR) is 77.8 cm³/mol. The van der Waals surface area contributed by atoms with Crippen molar-refractivity contribution in [2.24, 2.45) is 5.73 Å². The van der Waals surface area contributed by atoms with Gasteiger partial charge in [0.15, 0.2) is 0 Å². The van der Waals surface area contributed by atoms with Crippen molar-refractivity contribution < 1.29 is 0 Å². The summed E-state index contributed by atoms with van der Waals surface area (Å²) >= 11 is 0. The first-order chi connectivity index (χ1) is 9.22. The third-order valence-corrected chi connectivity index (χ3v) is 4.29. The fourth-order valence-electron chi connectivity index (χ4n) is 3.15. The lowest BCUT2D eigenvalue weighted by Crippen LogP contribution is -2.41. The fraction of sp³-hybridized carbons (Fsp3) is 0.562. The molecule has 0 aliphatic heterocycles. The Balaban J connectivity index is 2.11. The smallest absolute Gasteiger partial charge is 0.0826 e. The van der Waals surface area contributed by atoms with Crippen molar-refractivity contribution in [3.63, 3.8) is 0 Å². The second-order valence-corrected chi connectivity index (χ2v) is 5.53. The van der Waals surface area contributed by atoms with Crippen LogP contribution in [0.5, 0.6) is 0 Å². The molecule has 102 valence electrons. The highest BCUT2D eigenvalue weighted by Crippen LogP contribution is 2.40. The summed E-state index contributed by atoms with van der Waals surface area (Å²) in [6.45, 7) is 3.65. The molecule has 0 atom stereocenters. The fourth-order valence-corrected chi connectivity index (χ4v) is 3.15. The van der Waals surface area contributed by atoms with Crippen LogP contribution in [0, 0.1) is 18.3 Å². The van der Waals surface area contributed by atoms with Gasteiger partial charge in [-0.15, -0.1) is 0 Å². The minimum atomic E-state index is -0.285. The van der Waals surface area contributed by atoms with Crippen LogP contribution in [0.2, 0.25) is 0 Å². The number of nitrogens with zero attached hydrogens (tertiary/aromatic N) is 1. The minimum absolute atomic E-state index is 0.285. The summed E-state index contributed by atoms with van der Waals surface area (Å²) < 4.78 is 0. The molecule has 1 aliphatic rings. The molecule has 1 aliphatic carbocycles. The number of nitrogens with one attached hydrogen (secondary N) is 1. The molecule has 19 heavy (non-hydrogen) atoms. The molecule has 0 saturated heterocycles. The normalized spacial score (nSPS) is 26.9. The van der Waals surface area contributed by atoms with Crippen LogP contribution < -0.4 is 11.1 Å². The summed E-state index contributed by atoms with van der Waals surface area (Å²) in [5.74, 6) is 0. The molecule has 0 aromatic heterocycles. The minimum Gasteiger partial charge on any atom is -0.329 e. The van der Waals surface area contributed by atoms with Gasteiger partial charge in [-0.05, 0) is 43.7 Å². The van der Waals surface area contributed by atoms with Gasteiger partial charge in [0, 0.05) is 19.1 Å². The average Bonchev–Trinajstić information content (AvgIpc) is 2.46. The van der Waals surface area contributed by atoms with Crippen molar-refractivity contribution in [1.29, 1.82) is 5.26 Å². The monoisotopic (exact) mass is 257 g/mol. The Morgan fingerprint density at radius 3 is 2.63 bits per heavy atom. The standard InChI is InChI=1S/C16H23N3/c1-13-4-2-3-5-15(13)16(12-18)8-6-14(7-9-16)19-11-10-17/h2-5,14,19H,6-11,17H2,1H3. The summed E-state index contributed by atoms with van der Waals surface area (Å²) in [6, 6.07) is 11.4. The molecule has 3 heteroatoms. The summed E-state index contributed by atoms with van der Waals surface area (Å²) in [5, 5.41) is 13.2. The van der Waals surface area contributed by atoms with Gasteiger partial charge in [-0.1, -0.05) is 24.3 Å². The topological polar surface area (TPSA) is 61.8 Å². The summed E-state index contributed by atoms with van der Waals surface area (Å²) in [5.41, 5.74) is 7.69. The SMILES string of the molecule is Cc1ccccc1C1(C#N)CCC(NCCN)CC1. The zero-order valence-corrected chi connectivity index (χ0v) is 11.7. The number of nitrogens with two attached hydrogens (primary N) is 1. The molecule has 1 aromatic rings. The molecule has 1 aromatic carbocycles. The molecule has 0 radical (unpaired) electrons. The van der Waals surface area contributed by atoms with E-state index in [1.165, 1.54) is 11.1 Å². The van der Waals surface area contributed by atoms with Gasteiger partial charge in [0.1, 0.15) is 0 Å². The van der Waals surface area contributed by atoms with Gasteiger partial charge in [0.25, 0.3) is 0 Å². The number of hydrogen-bond acceptors (Lipinski definition) is 3. The van der Waals surface area contributed by atoms with Gasteiger partial charge in [0.2, 0.25) is 0 Å². The quantitative estimate of drug-likeness (QED) is 0.869. The maximum atomic E-state index is 9.69. The van der Waals surface area contributed by atoms with Crippen LogP contribution in [0.3, 0.4) is 0 Å². The molecule has 0 amide bonds. The van der Waals surface area contributed by atoms with E-state index in [1.54, 1.807) is 0 Å². The number of rotatable bonds is 4. The van der Waals surface area contributed by atoms with Crippen molar-refractivity contribution >= 4 is 0 Å². The number of aryl methyl sites for hydroxylation is 1. The zero-order chi connectivity index (χ0) is 13.7. The van der Waals surface area contributed by atoms with E-state index in [0.717, 1.165) is 32.2 Å². The number of nitriles is 1. The molecular formula is C16H23N3. The second kappa shape index (κ2) is 6.18. The van der Waals surface area contributed by atoms with E-state index in [2.05, 4.69) is 30.4 Å². The summed E-state index contributed by atoms with van der Waals surface area (Å²) in [7, 11) is 0. The predicted octanol–water partition coefficient (Wildman–Crippen LogP) is 2.25. The molecule has 0 spiro atoms. The Morgan fingerprint density at radius 1 is 1.37 bits per heavy atom. The number of benzene rings is 1. The van der Waals surface area contributed by atoms with E-state index >= 15 is 0 Å². The largest absolute Gasteiger partial charge is 0.329 e. The van der Waals surface area contributed by atoms with Gasteiger partial charge in [-0.25, -0.2) is 0 Å². The first-order valence-electron chi connectivity index (χ1n) is 7.13. The first kappa shape index (κ1) is 14.0. The van der Waals surface area contributed by atoms with Gasteiger partial charge in [-0.2, -0.15) is 5.26 Å². The van der Waals surface area contributed by atoms with Crippen LogP contribution in [0.15, 0.2) is 24.3 Å². The van der Waals surface area contributed by atoms with Crippen molar-refractivity contribution in [1.82, 2.24) is 5.32 Å². The molecule has 2 rings (SSSR count). The van der Waals surface area contributed by atoms with Crippen molar-refractivity contribution in [2.45, 2.75) is 44.1 Å². The zero-order valence-electron chi connectivity index (χ0n) is 11.7. The molecular weight excluding hydrogens is 234 g/mol. The van der Waals surface area contributed by atoms with Crippen LogP contribution in [-0.4, -0.2) is 19.1 Å². The van der Waals surface area contributed by atoms with Gasteiger partial charge in [0.05, 0.1) is 11.5 Å². The van der Waals surface area contributed by atoms with Gasteiger partial charge >= 0.3 is 0 Å². The Labute approximate surface area is 115 Å². The molecule has 1 saturated carbocycles. The van der Waals surface area contributed by atoms with Gasteiger partial charge < -0.3 is 11.1 Å². The maximum absolute atomic E-state index is 9.69. The van der Waals surface area contributed by atoms with E-state index in [-0.39, 0.29) is 5.41 Å². The maximum Gasteiger partial charge on any atom is 0.0826 e. The van der Waals surface area contributed by atoms with Crippen molar-refractivity contribution in [3.8, 4) is 6.07 Å². The molecule has 0 bridgehead atoms.